The number of furan rings is 2. The highest BCUT2D eigenvalue weighted by Gasteiger charge is 2.28. The highest BCUT2D eigenvalue weighted by Crippen LogP contribution is 2.54. The van der Waals surface area contributed by atoms with Gasteiger partial charge in [-0.05, 0) is 169 Å². The normalized spacial score (nSPS) is 11.6. The fraction of sp³-hybridized carbons (Fsp3) is 0.00917. The zero-order valence-corrected chi connectivity index (χ0v) is 64.8. The van der Waals surface area contributed by atoms with Crippen molar-refractivity contribution in [3.05, 3.63) is 401 Å². The van der Waals surface area contributed by atoms with Crippen LogP contribution in [-0.4, -0.2) is 27.0 Å². The van der Waals surface area contributed by atoms with E-state index in [0.717, 1.165) is 155 Å². The van der Waals surface area contributed by atoms with Gasteiger partial charge in [0.2, 0.25) is 0 Å². The summed E-state index contributed by atoms with van der Waals surface area (Å²) in [5.41, 5.74) is 25.4. The van der Waals surface area contributed by atoms with Gasteiger partial charge in [0.05, 0.1) is 39.6 Å². The largest absolute Gasteiger partial charge is 0.497 e. The standard InChI is InChI=1S/C43H28N2S.C33H22N2O.C33H19NO2/c1-3-14-30(15-4-1)39-36-21-12-28-44-42(36)43-41(35-20-9-10-23-38(35)46-43)40(39)31-24-26-33(27-25-31)45(32-17-5-2-6-18-32)37-22-11-16-29-13-7-8-19-34(29)37;1-36-26-16-14-22(15-17-26)30-28-20-24-9-4-5-11-29(24)35-33(28)32-27(10-6-18-34-32)31(30)25-13-12-21-7-2-3-8-23(21)19-25;1-2-10-20(11-3-1)28-24-16-9-19-34-31(24)33-30(23-13-5-7-18-27(23)36-33)29(28)25-15-8-14-22-21-12-4-6-17-26(21)35-32(22)25/h1-28H;2-20H,1H3;1-19H. The molecule has 118 heavy (non-hydrogen) atoms. The zero-order valence-electron chi connectivity index (χ0n) is 64.0. The molecule has 7 aromatic heterocycles. The van der Waals surface area contributed by atoms with E-state index < -0.39 is 0 Å². The molecule has 554 valence electrons. The van der Waals surface area contributed by atoms with E-state index in [2.05, 4.69) is 332 Å². The number of methoxy groups -OCH3 is 1. The molecule has 0 saturated heterocycles. The molecule has 0 bridgehead atoms. The second kappa shape index (κ2) is 29.2. The van der Waals surface area contributed by atoms with E-state index in [4.69, 9.17) is 33.5 Å². The van der Waals surface area contributed by atoms with Crippen molar-refractivity contribution < 1.29 is 13.6 Å². The van der Waals surface area contributed by atoms with Gasteiger partial charge in [-0.2, -0.15) is 0 Å². The van der Waals surface area contributed by atoms with Crippen molar-refractivity contribution >= 4 is 169 Å². The minimum atomic E-state index is 0.801. The smallest absolute Gasteiger partial charge is 0.162 e. The monoisotopic (exact) mass is 1530 g/mol. The summed E-state index contributed by atoms with van der Waals surface area (Å²) in [5, 5.41) is 17.3. The molecule has 9 heteroatoms. The summed E-state index contributed by atoms with van der Waals surface area (Å²) in [6, 6.07) is 135. The maximum atomic E-state index is 6.53. The number of pyridine rings is 4. The molecule has 0 aliphatic rings. The number of aromatic nitrogens is 4. The first-order chi connectivity index (χ1) is 58.5. The molecule has 7 heterocycles. The highest BCUT2D eigenvalue weighted by molar-refractivity contribution is 7.26. The highest BCUT2D eigenvalue weighted by atomic mass is 32.1. The van der Waals surface area contributed by atoms with Crippen molar-refractivity contribution in [2.45, 2.75) is 0 Å². The molecule has 0 N–H and O–H groups in total. The summed E-state index contributed by atoms with van der Waals surface area (Å²) in [5.74, 6) is 0.835. The molecule has 0 atom stereocenters. The quantitative estimate of drug-likeness (QED) is 0.0988. The number of anilines is 3. The van der Waals surface area contributed by atoms with E-state index in [1.54, 1.807) is 7.11 Å². The number of nitrogens with zero attached hydrogens (tertiary/aromatic N) is 5. The number of ether oxygens (including phenoxy) is 1. The van der Waals surface area contributed by atoms with E-state index >= 15 is 0 Å². The lowest BCUT2D eigenvalue weighted by Gasteiger charge is -2.27. The van der Waals surface area contributed by atoms with Crippen LogP contribution in [0.2, 0.25) is 0 Å². The molecular weight excluding hydrogens is 1460 g/mol. The second-order valence-corrected chi connectivity index (χ2v) is 30.7. The Morgan fingerprint density at radius 3 is 1.52 bits per heavy atom. The second-order valence-electron chi connectivity index (χ2n) is 29.6. The Kier molecular flexibility index (Phi) is 17.2. The lowest BCUT2D eigenvalue weighted by atomic mass is 9.86. The Morgan fingerprint density at radius 2 is 0.780 bits per heavy atom. The minimum Gasteiger partial charge on any atom is -0.497 e. The van der Waals surface area contributed by atoms with Gasteiger partial charge in [0.15, 0.2) is 5.58 Å². The summed E-state index contributed by atoms with van der Waals surface area (Å²) in [4.78, 5) is 22.1. The molecule has 0 amide bonds. The fourth-order valence-electron chi connectivity index (χ4n) is 17.8. The van der Waals surface area contributed by atoms with Gasteiger partial charge >= 0.3 is 0 Å². The van der Waals surface area contributed by atoms with Gasteiger partial charge in [-0.1, -0.05) is 285 Å². The maximum absolute atomic E-state index is 6.53. The third kappa shape index (κ3) is 11.8. The minimum absolute atomic E-state index is 0.801. The van der Waals surface area contributed by atoms with Gasteiger partial charge < -0.3 is 18.5 Å². The SMILES string of the molecule is COc1ccc(-c2c(-c3ccc4ccccc4c3)c3cccnc3c3nc4ccccc4cc23)cc1.c1ccc(-c2c(-c3ccc(N(c4ccccc4)c4cccc5ccccc45)cc3)c3c4ccccc4sc3c3ncccc23)cc1.c1ccc(-c2c(-c3cccc4c3oc3ccccc34)c3c4ccccc4oc3c3ncccc23)cc1. The molecule has 0 aliphatic heterocycles. The number of rotatable bonds is 10. The van der Waals surface area contributed by atoms with Crippen molar-refractivity contribution in [3.63, 3.8) is 0 Å². The average Bonchev–Trinajstić information content (AvgIpc) is 1.75. The topological polar surface area (TPSA) is 90.3 Å². The lowest BCUT2D eigenvalue weighted by Crippen LogP contribution is -2.10. The van der Waals surface area contributed by atoms with Crippen LogP contribution < -0.4 is 9.64 Å². The number of hydrogen-bond acceptors (Lipinski definition) is 9. The number of para-hydroxylation sites is 5. The van der Waals surface area contributed by atoms with Gasteiger partial charge in [-0.25, -0.2) is 4.98 Å². The van der Waals surface area contributed by atoms with E-state index in [-0.39, 0.29) is 0 Å². The lowest BCUT2D eigenvalue weighted by molar-refractivity contribution is 0.415. The van der Waals surface area contributed by atoms with Gasteiger partial charge in [-0.15, -0.1) is 11.3 Å². The first kappa shape index (κ1) is 69.3. The van der Waals surface area contributed by atoms with E-state index in [1.165, 1.54) is 74.9 Å². The van der Waals surface area contributed by atoms with Crippen LogP contribution in [0.5, 0.6) is 5.75 Å². The summed E-state index contributed by atoms with van der Waals surface area (Å²) in [6.45, 7) is 0. The van der Waals surface area contributed by atoms with Crippen LogP contribution in [0.3, 0.4) is 0 Å². The Morgan fingerprint density at radius 1 is 0.288 bits per heavy atom. The average molecular weight is 1530 g/mol. The van der Waals surface area contributed by atoms with Crippen molar-refractivity contribution in [2.75, 3.05) is 12.0 Å². The molecule has 0 aliphatic carbocycles. The molecule has 0 radical (unpaired) electrons. The summed E-state index contributed by atoms with van der Waals surface area (Å²) < 4.78 is 21.0. The Labute approximate surface area is 682 Å². The van der Waals surface area contributed by atoms with Crippen LogP contribution in [0.15, 0.2) is 410 Å². The summed E-state index contributed by atoms with van der Waals surface area (Å²) in [7, 11) is 1.70. The fourth-order valence-corrected chi connectivity index (χ4v) is 19.0. The van der Waals surface area contributed by atoms with Crippen molar-refractivity contribution in [1.29, 1.82) is 0 Å². The van der Waals surface area contributed by atoms with Gasteiger partial charge in [-0.3, -0.25) is 15.0 Å². The van der Waals surface area contributed by atoms with E-state index in [0.29, 0.717) is 0 Å². The predicted molar refractivity (Wildman–Crippen MR) is 494 cm³/mol. The van der Waals surface area contributed by atoms with Gasteiger partial charge in [0.25, 0.3) is 0 Å². The molecule has 8 nitrogen and oxygen atoms in total. The molecule has 0 spiro atoms. The summed E-state index contributed by atoms with van der Waals surface area (Å²) in [6.07, 6.45) is 5.61. The van der Waals surface area contributed by atoms with Crippen LogP contribution in [0.25, 0.3) is 207 Å². The molecule has 0 saturated carbocycles. The first-order valence-corrected chi connectivity index (χ1v) is 40.5. The van der Waals surface area contributed by atoms with Gasteiger partial charge in [0, 0.05) is 110 Å². The van der Waals surface area contributed by atoms with Gasteiger partial charge in [0.1, 0.15) is 28.0 Å². The number of fused-ring (bicyclic) bond motifs is 19. The van der Waals surface area contributed by atoms with Crippen LogP contribution >= 0.6 is 11.3 Å². The van der Waals surface area contributed by atoms with E-state index in [1.807, 2.05) is 84.5 Å². The maximum Gasteiger partial charge on any atom is 0.162 e. The van der Waals surface area contributed by atoms with Crippen LogP contribution in [-0.2, 0) is 0 Å². The molecule has 24 rings (SSSR count). The Balaban J connectivity index is 0.000000108. The predicted octanol–water partition coefficient (Wildman–Crippen LogP) is 30.4. The van der Waals surface area contributed by atoms with Crippen LogP contribution in [0.4, 0.5) is 17.1 Å². The number of thiophene rings is 1. The van der Waals surface area contributed by atoms with Crippen molar-refractivity contribution in [2.24, 2.45) is 0 Å². The van der Waals surface area contributed by atoms with Crippen LogP contribution in [0, 0.1) is 0 Å². The first-order valence-electron chi connectivity index (χ1n) is 39.7. The summed E-state index contributed by atoms with van der Waals surface area (Å²) >= 11 is 1.84. The zero-order chi connectivity index (χ0) is 78.2. The van der Waals surface area contributed by atoms with Crippen molar-refractivity contribution in [3.8, 4) is 72.5 Å². The Bertz CT molecular complexity index is 8040. The number of benzene rings is 17. The molecule has 24 aromatic rings. The number of hydrogen-bond donors (Lipinski definition) is 0. The molecule has 17 aromatic carbocycles. The van der Waals surface area contributed by atoms with E-state index in [9.17, 15) is 0 Å². The molecule has 0 unspecified atom stereocenters. The molecular formula is C109H69N5O3S. The van der Waals surface area contributed by atoms with Crippen LogP contribution in [0.1, 0.15) is 0 Å². The molecule has 0 fully saturated rings. The Hall–Kier alpha value is -15.4. The third-order valence-corrected chi connectivity index (χ3v) is 24.1. The third-order valence-electron chi connectivity index (χ3n) is 23.0. The van der Waals surface area contributed by atoms with Crippen molar-refractivity contribution in [1.82, 2.24) is 19.9 Å².